The average Bonchev–Trinajstić information content (AvgIpc) is 2.58. The van der Waals surface area contributed by atoms with Crippen molar-refractivity contribution in [3.8, 4) is 0 Å². The summed E-state index contributed by atoms with van der Waals surface area (Å²) < 4.78 is 0.368. The van der Waals surface area contributed by atoms with Crippen LogP contribution in [0.1, 0.15) is 6.92 Å². The Morgan fingerprint density at radius 2 is 0.864 bits per heavy atom. The van der Waals surface area contributed by atoms with E-state index < -0.39 is 7.26 Å². The highest BCUT2D eigenvalue weighted by Crippen LogP contribution is 2.61. The van der Waals surface area contributed by atoms with Crippen LogP contribution < -0.4 is 15.9 Å². The maximum atomic E-state index is 3.96. The van der Waals surface area contributed by atoms with Gasteiger partial charge in [0.15, 0.2) is 0 Å². The van der Waals surface area contributed by atoms with Gasteiger partial charge in [-0.2, -0.15) is 0 Å². The van der Waals surface area contributed by atoms with Crippen LogP contribution in [0, 0.1) is 0 Å². The summed E-state index contributed by atoms with van der Waals surface area (Å²) in [6.45, 7) is 2.28. The molecule has 0 bridgehead atoms. The van der Waals surface area contributed by atoms with Gasteiger partial charge in [-0.25, -0.2) is 0 Å². The quantitative estimate of drug-likeness (QED) is 0.461. The predicted molar refractivity (Wildman–Crippen MR) is 104 cm³/mol. The second-order valence-electron chi connectivity index (χ2n) is 5.30. The van der Waals surface area contributed by atoms with Gasteiger partial charge < -0.3 is 0 Å². The lowest BCUT2D eigenvalue weighted by Gasteiger charge is -2.29. The Kier molecular flexibility index (Phi) is 4.76. The molecule has 0 aliphatic carbocycles. The van der Waals surface area contributed by atoms with Gasteiger partial charge >= 0.3 is 0 Å². The molecule has 3 rings (SSSR count). The molecular formula is C20H19BrP+. The van der Waals surface area contributed by atoms with E-state index in [0.717, 1.165) is 0 Å². The SMILES string of the molecule is CC(Br)[P+](c1ccccc1)(c1ccccc1)c1ccccc1. The zero-order valence-corrected chi connectivity index (χ0v) is 15.0. The third-order valence-corrected chi connectivity index (χ3v) is 10.3. The molecule has 0 radical (unpaired) electrons. The van der Waals surface area contributed by atoms with Crippen molar-refractivity contribution in [1.82, 2.24) is 0 Å². The molecule has 22 heavy (non-hydrogen) atoms. The van der Waals surface area contributed by atoms with Crippen molar-refractivity contribution in [1.29, 1.82) is 0 Å². The molecular weight excluding hydrogens is 351 g/mol. The van der Waals surface area contributed by atoms with Crippen molar-refractivity contribution < 1.29 is 0 Å². The Bertz CT molecular complexity index is 612. The van der Waals surface area contributed by atoms with E-state index in [1.807, 2.05) is 0 Å². The molecule has 1 unspecified atom stereocenters. The molecule has 0 nitrogen and oxygen atoms in total. The summed E-state index contributed by atoms with van der Waals surface area (Å²) in [5, 5.41) is 4.24. The highest BCUT2D eigenvalue weighted by molar-refractivity contribution is 9.11. The molecule has 0 aromatic heterocycles. The molecule has 3 aromatic rings. The fourth-order valence-corrected chi connectivity index (χ4v) is 9.23. The van der Waals surface area contributed by atoms with Gasteiger partial charge in [0, 0.05) is 0 Å². The van der Waals surface area contributed by atoms with E-state index in [0.29, 0.717) is 4.57 Å². The van der Waals surface area contributed by atoms with E-state index in [2.05, 4.69) is 114 Å². The maximum absolute atomic E-state index is 3.96. The number of hydrogen-bond acceptors (Lipinski definition) is 0. The molecule has 2 heteroatoms. The van der Waals surface area contributed by atoms with Gasteiger partial charge in [0.2, 0.25) is 0 Å². The highest BCUT2D eigenvalue weighted by Gasteiger charge is 2.49. The van der Waals surface area contributed by atoms with Gasteiger partial charge in [-0.15, -0.1) is 0 Å². The number of rotatable bonds is 4. The molecule has 3 aromatic carbocycles. The van der Waals surface area contributed by atoms with Crippen LogP contribution in [0.5, 0.6) is 0 Å². The lowest BCUT2D eigenvalue weighted by Crippen LogP contribution is -2.35. The monoisotopic (exact) mass is 369 g/mol. The number of alkyl halides is 1. The predicted octanol–water partition coefficient (Wildman–Crippen LogP) is 4.72. The summed E-state index contributed by atoms with van der Waals surface area (Å²) in [7, 11) is -1.71. The van der Waals surface area contributed by atoms with Crippen molar-refractivity contribution in [3.05, 3.63) is 91.0 Å². The van der Waals surface area contributed by atoms with Gasteiger partial charge in [-0.3, -0.25) is 0 Å². The van der Waals surface area contributed by atoms with Crippen LogP contribution in [0.3, 0.4) is 0 Å². The van der Waals surface area contributed by atoms with Crippen LogP contribution in [0.2, 0.25) is 0 Å². The topological polar surface area (TPSA) is 0 Å². The van der Waals surface area contributed by atoms with E-state index in [-0.39, 0.29) is 0 Å². The van der Waals surface area contributed by atoms with Crippen LogP contribution in [-0.4, -0.2) is 4.57 Å². The third kappa shape index (κ3) is 2.64. The summed E-state index contributed by atoms with van der Waals surface area (Å²) in [6, 6.07) is 32.8. The second kappa shape index (κ2) is 6.77. The van der Waals surface area contributed by atoms with E-state index in [9.17, 15) is 0 Å². The Morgan fingerprint density at radius 1 is 0.591 bits per heavy atom. The minimum Gasteiger partial charge on any atom is -0.0620 e. The zero-order chi connectivity index (χ0) is 15.4. The first-order chi connectivity index (χ1) is 10.8. The van der Waals surface area contributed by atoms with E-state index in [1.165, 1.54) is 15.9 Å². The Morgan fingerprint density at radius 3 is 1.09 bits per heavy atom. The van der Waals surface area contributed by atoms with Crippen molar-refractivity contribution in [2.75, 3.05) is 0 Å². The van der Waals surface area contributed by atoms with Gasteiger partial charge in [0.05, 0.1) is 0 Å². The summed E-state index contributed by atoms with van der Waals surface area (Å²) in [4.78, 5) is 0. The van der Waals surface area contributed by atoms with Gasteiger partial charge in [0.25, 0.3) is 0 Å². The zero-order valence-electron chi connectivity index (χ0n) is 12.6. The molecule has 0 aliphatic rings. The molecule has 1 atom stereocenters. The summed E-state index contributed by atoms with van der Waals surface area (Å²) in [5.41, 5.74) is 0. The van der Waals surface area contributed by atoms with Crippen molar-refractivity contribution in [2.45, 2.75) is 11.5 Å². The standard InChI is InChI=1S/C20H19BrP/c1-17(21)22(18-11-5-2-6-12-18,19-13-7-3-8-14-19)20-15-9-4-10-16-20/h2-17H,1H3/q+1. The largest absolute Gasteiger partial charge is 0.135 e. The first kappa shape index (κ1) is 15.5. The van der Waals surface area contributed by atoms with Gasteiger partial charge in [0.1, 0.15) is 27.7 Å². The van der Waals surface area contributed by atoms with Crippen LogP contribution in [0.15, 0.2) is 91.0 Å². The fourth-order valence-electron chi connectivity index (χ4n) is 3.05. The first-order valence-electron chi connectivity index (χ1n) is 7.46. The molecule has 0 fully saturated rings. The smallest absolute Gasteiger partial charge is 0.0620 e. The van der Waals surface area contributed by atoms with Crippen molar-refractivity contribution >= 4 is 39.1 Å². The van der Waals surface area contributed by atoms with E-state index >= 15 is 0 Å². The Balaban J connectivity index is 2.34. The molecule has 0 N–H and O–H groups in total. The third-order valence-electron chi connectivity index (χ3n) is 4.02. The van der Waals surface area contributed by atoms with Crippen LogP contribution >= 0.6 is 23.2 Å². The molecule has 0 heterocycles. The average molecular weight is 370 g/mol. The summed E-state index contributed by atoms with van der Waals surface area (Å²) in [5.74, 6) is 0. The normalized spacial score (nSPS) is 12.8. The lowest BCUT2D eigenvalue weighted by molar-refractivity contribution is 1.41. The fraction of sp³-hybridized carbons (Fsp3) is 0.100. The van der Waals surface area contributed by atoms with Crippen LogP contribution in [-0.2, 0) is 0 Å². The first-order valence-corrected chi connectivity index (χ1v) is 10.2. The minimum atomic E-state index is -1.71. The lowest BCUT2D eigenvalue weighted by atomic mass is 10.4. The maximum Gasteiger partial charge on any atom is 0.135 e. The number of halogens is 1. The number of hydrogen-bond donors (Lipinski definition) is 0. The van der Waals surface area contributed by atoms with E-state index in [4.69, 9.17) is 0 Å². The second-order valence-corrected chi connectivity index (χ2v) is 11.2. The van der Waals surface area contributed by atoms with Crippen molar-refractivity contribution in [2.24, 2.45) is 0 Å². The number of benzene rings is 3. The minimum absolute atomic E-state index is 0.368. The summed E-state index contributed by atoms with van der Waals surface area (Å²) in [6.07, 6.45) is 0. The Hall–Kier alpha value is -1.43. The molecule has 0 spiro atoms. The summed E-state index contributed by atoms with van der Waals surface area (Å²) >= 11 is 3.96. The van der Waals surface area contributed by atoms with Crippen LogP contribution in [0.25, 0.3) is 0 Å². The van der Waals surface area contributed by atoms with Gasteiger partial charge in [-0.1, -0.05) is 54.6 Å². The molecule has 0 saturated carbocycles. The molecule has 0 saturated heterocycles. The van der Waals surface area contributed by atoms with Crippen LogP contribution in [0.4, 0.5) is 0 Å². The van der Waals surface area contributed by atoms with Crippen molar-refractivity contribution in [3.63, 3.8) is 0 Å². The molecule has 0 aliphatic heterocycles. The van der Waals surface area contributed by atoms with E-state index in [1.54, 1.807) is 0 Å². The highest BCUT2D eigenvalue weighted by atomic mass is 79.9. The molecule has 110 valence electrons. The Labute approximate surface area is 141 Å². The van der Waals surface area contributed by atoms with Gasteiger partial charge in [-0.05, 0) is 59.3 Å². The molecule has 0 amide bonds.